The van der Waals surface area contributed by atoms with E-state index in [4.69, 9.17) is 0 Å². The molecule has 0 radical (unpaired) electrons. The molecular formula is C13H23N5O2S. The third kappa shape index (κ3) is 3.50. The number of likely N-dealkylation sites (N-methyl/N-ethyl adjacent to an activating group) is 2. The molecule has 0 amide bonds. The van der Waals surface area contributed by atoms with E-state index in [1.54, 1.807) is 14.1 Å². The van der Waals surface area contributed by atoms with E-state index in [-0.39, 0.29) is 4.90 Å². The smallest absolute Gasteiger partial charge is 0.245 e. The molecule has 1 fully saturated rings. The van der Waals surface area contributed by atoms with Gasteiger partial charge >= 0.3 is 0 Å². The standard InChI is InChI=1S/C13H23N5O2S/c1-4-18-7-5-6-11(18)10-17(3)21(19,20)12-8-15-13(14-2)16-9-12/h8-9,11H,4-7,10H2,1-3H3,(H,14,15,16). The zero-order valence-corrected chi connectivity index (χ0v) is 13.6. The minimum absolute atomic E-state index is 0.130. The van der Waals surface area contributed by atoms with Crippen LogP contribution in [0.1, 0.15) is 19.8 Å². The lowest BCUT2D eigenvalue weighted by Gasteiger charge is -2.27. The van der Waals surface area contributed by atoms with Crippen LogP contribution < -0.4 is 5.32 Å². The molecule has 2 heterocycles. The second kappa shape index (κ2) is 6.67. The Morgan fingerprint density at radius 3 is 2.67 bits per heavy atom. The van der Waals surface area contributed by atoms with Crippen molar-refractivity contribution in [3.8, 4) is 0 Å². The van der Waals surface area contributed by atoms with Crippen LogP contribution in [0, 0.1) is 0 Å². The van der Waals surface area contributed by atoms with E-state index in [0.717, 1.165) is 25.9 Å². The van der Waals surface area contributed by atoms with Crippen molar-refractivity contribution in [2.75, 3.05) is 39.0 Å². The maximum Gasteiger partial charge on any atom is 0.245 e. The summed E-state index contributed by atoms with van der Waals surface area (Å²) < 4.78 is 26.4. The molecule has 1 atom stereocenters. The molecule has 1 saturated heterocycles. The number of likely N-dealkylation sites (tertiary alicyclic amines) is 1. The van der Waals surface area contributed by atoms with Gasteiger partial charge in [-0.05, 0) is 25.9 Å². The average Bonchev–Trinajstić information content (AvgIpc) is 2.94. The van der Waals surface area contributed by atoms with E-state index in [0.29, 0.717) is 18.5 Å². The SMILES string of the molecule is CCN1CCCC1CN(C)S(=O)(=O)c1cnc(NC)nc1. The fourth-order valence-electron chi connectivity index (χ4n) is 2.67. The largest absolute Gasteiger partial charge is 0.357 e. The first-order chi connectivity index (χ1) is 9.98. The predicted molar refractivity (Wildman–Crippen MR) is 81.7 cm³/mol. The van der Waals surface area contributed by atoms with Crippen LogP contribution in [0.4, 0.5) is 5.95 Å². The topological polar surface area (TPSA) is 78.4 Å². The van der Waals surface area contributed by atoms with Crippen molar-refractivity contribution in [2.24, 2.45) is 0 Å². The Bertz CT molecular complexity index is 560. The second-order valence-electron chi connectivity index (χ2n) is 5.20. The lowest BCUT2D eigenvalue weighted by atomic mass is 10.2. The Balaban J connectivity index is 2.10. The zero-order chi connectivity index (χ0) is 15.5. The Hall–Kier alpha value is -1.25. The maximum atomic E-state index is 12.5. The van der Waals surface area contributed by atoms with Gasteiger partial charge in [0.25, 0.3) is 0 Å². The number of nitrogens with zero attached hydrogens (tertiary/aromatic N) is 4. The van der Waals surface area contributed by atoms with Crippen LogP contribution >= 0.6 is 0 Å². The van der Waals surface area contributed by atoms with Crippen molar-refractivity contribution in [1.29, 1.82) is 0 Å². The van der Waals surface area contributed by atoms with Crippen molar-refractivity contribution in [2.45, 2.75) is 30.7 Å². The summed E-state index contributed by atoms with van der Waals surface area (Å²) in [6, 6.07) is 0.298. The molecular weight excluding hydrogens is 290 g/mol. The van der Waals surface area contributed by atoms with Gasteiger partial charge in [0.1, 0.15) is 4.90 Å². The van der Waals surface area contributed by atoms with Crippen LogP contribution in [0.2, 0.25) is 0 Å². The van der Waals surface area contributed by atoms with E-state index in [1.165, 1.54) is 16.7 Å². The number of rotatable bonds is 6. The summed E-state index contributed by atoms with van der Waals surface area (Å²) in [6.45, 7) is 4.62. The number of hydrogen-bond donors (Lipinski definition) is 1. The summed E-state index contributed by atoms with van der Waals surface area (Å²) in [7, 11) is -0.221. The minimum Gasteiger partial charge on any atom is -0.357 e. The second-order valence-corrected chi connectivity index (χ2v) is 7.25. The van der Waals surface area contributed by atoms with Gasteiger partial charge in [-0.1, -0.05) is 6.92 Å². The van der Waals surface area contributed by atoms with Crippen molar-refractivity contribution >= 4 is 16.0 Å². The third-order valence-corrected chi connectivity index (χ3v) is 5.71. The summed E-state index contributed by atoms with van der Waals surface area (Å²) in [4.78, 5) is 10.4. The minimum atomic E-state index is -3.53. The summed E-state index contributed by atoms with van der Waals surface area (Å²) in [5.41, 5.74) is 0. The van der Waals surface area contributed by atoms with E-state index in [2.05, 4.69) is 27.1 Å². The lowest BCUT2D eigenvalue weighted by molar-refractivity contribution is 0.237. The molecule has 0 saturated carbocycles. The average molecular weight is 313 g/mol. The molecule has 8 heteroatoms. The van der Waals surface area contributed by atoms with Gasteiger partial charge in [-0.15, -0.1) is 0 Å². The van der Waals surface area contributed by atoms with Crippen LogP contribution in [0.3, 0.4) is 0 Å². The molecule has 1 aromatic heterocycles. The first-order valence-corrected chi connectivity index (χ1v) is 8.63. The summed E-state index contributed by atoms with van der Waals surface area (Å²) in [6.07, 6.45) is 4.86. The molecule has 0 bridgehead atoms. The summed E-state index contributed by atoms with van der Waals surface area (Å²) in [5, 5.41) is 2.77. The fourth-order valence-corrected chi connectivity index (χ4v) is 3.77. The first kappa shape index (κ1) is 16.1. The van der Waals surface area contributed by atoms with Gasteiger partial charge in [0, 0.05) is 26.7 Å². The molecule has 1 aliphatic heterocycles. The Morgan fingerprint density at radius 2 is 2.10 bits per heavy atom. The summed E-state index contributed by atoms with van der Waals surface area (Å²) >= 11 is 0. The van der Waals surface area contributed by atoms with Crippen molar-refractivity contribution < 1.29 is 8.42 Å². The molecule has 1 N–H and O–H groups in total. The van der Waals surface area contributed by atoms with Crippen LogP contribution in [0.5, 0.6) is 0 Å². The van der Waals surface area contributed by atoms with Gasteiger partial charge in [-0.25, -0.2) is 18.4 Å². The monoisotopic (exact) mass is 313 g/mol. The van der Waals surface area contributed by atoms with Gasteiger partial charge < -0.3 is 5.32 Å². The molecule has 0 aliphatic carbocycles. The first-order valence-electron chi connectivity index (χ1n) is 7.19. The van der Waals surface area contributed by atoms with E-state index < -0.39 is 10.0 Å². The van der Waals surface area contributed by atoms with Gasteiger partial charge in [0.05, 0.1) is 12.4 Å². The highest BCUT2D eigenvalue weighted by Gasteiger charge is 2.29. The molecule has 2 rings (SSSR count). The van der Waals surface area contributed by atoms with Crippen LogP contribution in [-0.4, -0.2) is 67.4 Å². The Labute approximate surface area is 126 Å². The van der Waals surface area contributed by atoms with Gasteiger partial charge in [0.15, 0.2) is 0 Å². The highest BCUT2D eigenvalue weighted by Crippen LogP contribution is 2.20. The van der Waals surface area contributed by atoms with Crippen molar-refractivity contribution in [3.63, 3.8) is 0 Å². The van der Waals surface area contributed by atoms with Gasteiger partial charge in [-0.3, -0.25) is 4.90 Å². The van der Waals surface area contributed by atoms with Crippen LogP contribution in [0.25, 0.3) is 0 Å². The van der Waals surface area contributed by atoms with Gasteiger partial charge in [-0.2, -0.15) is 4.31 Å². The number of anilines is 1. The molecule has 0 aromatic carbocycles. The van der Waals surface area contributed by atoms with E-state index in [9.17, 15) is 8.42 Å². The number of aromatic nitrogens is 2. The van der Waals surface area contributed by atoms with Crippen LogP contribution in [0.15, 0.2) is 17.3 Å². The molecule has 1 aromatic rings. The fraction of sp³-hybridized carbons (Fsp3) is 0.692. The molecule has 1 aliphatic rings. The van der Waals surface area contributed by atoms with E-state index >= 15 is 0 Å². The molecule has 0 spiro atoms. The number of hydrogen-bond acceptors (Lipinski definition) is 6. The molecule has 7 nitrogen and oxygen atoms in total. The van der Waals surface area contributed by atoms with Crippen LogP contribution in [-0.2, 0) is 10.0 Å². The highest BCUT2D eigenvalue weighted by atomic mass is 32.2. The molecule has 21 heavy (non-hydrogen) atoms. The van der Waals surface area contributed by atoms with Crippen molar-refractivity contribution in [1.82, 2.24) is 19.2 Å². The quantitative estimate of drug-likeness (QED) is 0.829. The van der Waals surface area contributed by atoms with E-state index in [1.807, 2.05) is 0 Å². The normalized spacial score (nSPS) is 20.1. The van der Waals surface area contributed by atoms with Crippen molar-refractivity contribution in [3.05, 3.63) is 12.4 Å². The van der Waals surface area contributed by atoms with Gasteiger partial charge in [0.2, 0.25) is 16.0 Å². The zero-order valence-electron chi connectivity index (χ0n) is 12.8. The molecule has 1 unspecified atom stereocenters. The molecule has 118 valence electrons. The Kier molecular flexibility index (Phi) is 5.13. The highest BCUT2D eigenvalue weighted by molar-refractivity contribution is 7.89. The number of nitrogens with one attached hydrogen (secondary N) is 1. The lowest BCUT2D eigenvalue weighted by Crippen LogP contribution is -2.41. The predicted octanol–water partition coefficient (Wildman–Crippen LogP) is 0.623. The Morgan fingerprint density at radius 1 is 1.43 bits per heavy atom. The summed E-state index contributed by atoms with van der Waals surface area (Å²) in [5.74, 6) is 0.407. The third-order valence-electron chi connectivity index (χ3n) is 3.93. The maximum absolute atomic E-state index is 12.5. The number of sulfonamides is 1.